The highest BCUT2D eigenvalue weighted by atomic mass is 35.5. The smallest absolute Gasteiger partial charge is 0.258 e. The van der Waals surface area contributed by atoms with Crippen LogP contribution >= 0.6 is 11.6 Å². The minimum absolute atomic E-state index is 0.123. The number of carbonyl (C=O) groups excluding carboxylic acids is 2. The van der Waals surface area contributed by atoms with E-state index >= 15 is 0 Å². The van der Waals surface area contributed by atoms with Gasteiger partial charge in [0.05, 0.1) is 5.57 Å². The number of carbonyl (C=O) groups is 2. The molecule has 6 heteroatoms. The predicted molar refractivity (Wildman–Crippen MR) is 112 cm³/mol. The number of hydrogen-bond acceptors (Lipinski definition) is 2. The summed E-state index contributed by atoms with van der Waals surface area (Å²) in [4.78, 5) is 25.2. The Labute approximate surface area is 174 Å². The Bertz CT molecular complexity index is 973. The van der Waals surface area contributed by atoms with Gasteiger partial charge in [-0.3, -0.25) is 14.9 Å². The number of nitrogens with one attached hydrogen (secondary N) is 1. The Morgan fingerprint density at radius 3 is 2.24 bits per heavy atom. The second kappa shape index (κ2) is 9.14. The molecule has 0 aliphatic rings. The van der Waals surface area contributed by atoms with Crippen molar-refractivity contribution >= 4 is 35.1 Å². The van der Waals surface area contributed by atoms with E-state index in [1.807, 2.05) is 20.8 Å². The van der Waals surface area contributed by atoms with Crippen molar-refractivity contribution in [3.63, 3.8) is 0 Å². The third-order valence-electron chi connectivity index (χ3n) is 3.94. The van der Waals surface area contributed by atoms with E-state index in [9.17, 15) is 18.4 Å². The first kappa shape index (κ1) is 22.5. The highest BCUT2D eigenvalue weighted by Crippen LogP contribution is 2.25. The molecule has 2 rings (SSSR count). The van der Waals surface area contributed by atoms with Crippen LogP contribution in [0.2, 0.25) is 5.02 Å². The van der Waals surface area contributed by atoms with Gasteiger partial charge >= 0.3 is 0 Å². The Morgan fingerprint density at radius 1 is 1.07 bits per heavy atom. The summed E-state index contributed by atoms with van der Waals surface area (Å²) >= 11 is 5.87. The summed E-state index contributed by atoms with van der Waals surface area (Å²) in [5.41, 5.74) is 0.345. The van der Waals surface area contributed by atoms with Gasteiger partial charge < -0.3 is 0 Å². The molecule has 0 radical (unpaired) electrons. The molecule has 0 fully saturated rings. The first-order valence-electron chi connectivity index (χ1n) is 8.92. The molecular weight excluding hydrogens is 396 g/mol. The number of rotatable bonds is 5. The van der Waals surface area contributed by atoms with E-state index in [0.29, 0.717) is 23.1 Å². The number of imide groups is 1. The maximum atomic E-state index is 14.4. The van der Waals surface area contributed by atoms with Crippen molar-refractivity contribution in [2.24, 2.45) is 5.41 Å². The quantitative estimate of drug-likeness (QED) is 0.494. The Balaban J connectivity index is 2.39. The van der Waals surface area contributed by atoms with Crippen molar-refractivity contribution in [3.8, 4) is 0 Å². The van der Waals surface area contributed by atoms with Crippen LogP contribution in [-0.2, 0) is 9.59 Å². The predicted octanol–water partition coefficient (Wildman–Crippen LogP) is 5.79. The first-order chi connectivity index (χ1) is 13.5. The lowest BCUT2D eigenvalue weighted by molar-refractivity contribution is -0.125. The lowest BCUT2D eigenvalue weighted by Crippen LogP contribution is -2.33. The van der Waals surface area contributed by atoms with Gasteiger partial charge in [-0.2, -0.15) is 0 Å². The second-order valence-electron chi connectivity index (χ2n) is 7.86. The third kappa shape index (κ3) is 6.64. The molecule has 0 unspecified atom stereocenters. The van der Waals surface area contributed by atoms with Crippen molar-refractivity contribution < 1.29 is 18.4 Å². The number of benzene rings is 2. The van der Waals surface area contributed by atoms with E-state index in [0.717, 1.165) is 12.1 Å². The molecule has 2 aromatic carbocycles. The minimum atomic E-state index is -0.915. The van der Waals surface area contributed by atoms with Crippen LogP contribution in [0.1, 0.15) is 38.3 Å². The maximum Gasteiger partial charge on any atom is 0.258 e. The molecule has 2 aromatic rings. The Hall–Kier alpha value is -2.79. The monoisotopic (exact) mass is 417 g/mol. The average molecular weight is 418 g/mol. The summed E-state index contributed by atoms with van der Waals surface area (Å²) in [5, 5.41) is 2.74. The molecule has 0 aromatic heterocycles. The van der Waals surface area contributed by atoms with Crippen molar-refractivity contribution in [1.82, 2.24) is 5.32 Å². The summed E-state index contributed by atoms with van der Waals surface area (Å²) in [6.45, 7) is 9.54. The van der Waals surface area contributed by atoms with Crippen LogP contribution < -0.4 is 5.32 Å². The summed E-state index contributed by atoms with van der Waals surface area (Å²) in [7, 11) is 0. The summed E-state index contributed by atoms with van der Waals surface area (Å²) in [6, 6.07) is 9.37. The van der Waals surface area contributed by atoms with Gasteiger partial charge in [-0.25, -0.2) is 8.78 Å². The topological polar surface area (TPSA) is 46.2 Å². The van der Waals surface area contributed by atoms with E-state index in [2.05, 4.69) is 11.9 Å². The highest BCUT2D eigenvalue weighted by molar-refractivity contribution is 6.31. The summed E-state index contributed by atoms with van der Waals surface area (Å²) < 4.78 is 27.7. The molecule has 2 amide bonds. The fourth-order valence-corrected chi connectivity index (χ4v) is 2.80. The molecule has 29 heavy (non-hydrogen) atoms. The molecule has 0 bridgehead atoms. The van der Waals surface area contributed by atoms with Gasteiger partial charge in [0.15, 0.2) is 0 Å². The minimum Gasteiger partial charge on any atom is -0.288 e. The zero-order chi connectivity index (χ0) is 21.8. The van der Waals surface area contributed by atoms with Crippen molar-refractivity contribution in [3.05, 3.63) is 82.4 Å². The van der Waals surface area contributed by atoms with E-state index < -0.39 is 23.4 Å². The molecule has 3 nitrogen and oxygen atoms in total. The standard InChI is InChI=1S/C23H22ClF2NO2/c1-14(13-23(2,3)4)21(28)27-22(29)19(11-15-5-7-16(24)8-6-15)18-10-9-17(25)12-20(18)26/h5-12H,1,13H2,2-4H3,(H,27,28,29)/b19-11+. The number of halogens is 3. The Morgan fingerprint density at radius 2 is 1.69 bits per heavy atom. The van der Waals surface area contributed by atoms with Crippen molar-refractivity contribution in [2.45, 2.75) is 27.2 Å². The zero-order valence-corrected chi connectivity index (χ0v) is 17.2. The molecule has 0 saturated carbocycles. The molecule has 152 valence electrons. The van der Waals surface area contributed by atoms with E-state index in [1.54, 1.807) is 24.3 Å². The van der Waals surface area contributed by atoms with E-state index in [-0.39, 0.29) is 22.1 Å². The van der Waals surface area contributed by atoms with Crippen LogP contribution in [-0.4, -0.2) is 11.8 Å². The normalized spacial score (nSPS) is 11.9. The van der Waals surface area contributed by atoms with Crippen LogP contribution in [0.3, 0.4) is 0 Å². The molecule has 1 N–H and O–H groups in total. The molecule has 0 aliphatic carbocycles. The fourth-order valence-electron chi connectivity index (χ4n) is 2.68. The van der Waals surface area contributed by atoms with Crippen molar-refractivity contribution in [2.75, 3.05) is 0 Å². The van der Waals surface area contributed by atoms with Gasteiger partial charge in [-0.1, -0.05) is 51.1 Å². The fraction of sp³-hybridized carbons (Fsp3) is 0.217. The van der Waals surface area contributed by atoms with Crippen LogP contribution in [0.25, 0.3) is 11.6 Å². The lowest BCUT2D eigenvalue weighted by Gasteiger charge is -2.19. The van der Waals surface area contributed by atoms with Gasteiger partial charge in [-0.15, -0.1) is 0 Å². The van der Waals surface area contributed by atoms with E-state index in [4.69, 9.17) is 11.6 Å². The lowest BCUT2D eigenvalue weighted by atomic mass is 9.88. The number of amides is 2. The maximum absolute atomic E-state index is 14.4. The second-order valence-corrected chi connectivity index (χ2v) is 8.29. The van der Waals surface area contributed by atoms with Crippen LogP contribution in [0.15, 0.2) is 54.6 Å². The zero-order valence-electron chi connectivity index (χ0n) is 16.5. The molecule has 0 atom stereocenters. The Kier molecular flexibility index (Phi) is 7.09. The van der Waals surface area contributed by atoms with Gasteiger partial charge in [0.25, 0.3) is 11.8 Å². The van der Waals surface area contributed by atoms with Crippen LogP contribution in [0.4, 0.5) is 8.78 Å². The SMILES string of the molecule is C=C(CC(C)(C)C)C(=O)NC(=O)/C(=C/c1ccc(Cl)cc1)c1ccc(F)cc1F. The van der Waals surface area contributed by atoms with Crippen LogP contribution in [0.5, 0.6) is 0 Å². The third-order valence-corrected chi connectivity index (χ3v) is 4.19. The molecule has 0 spiro atoms. The largest absolute Gasteiger partial charge is 0.288 e. The molecule has 0 aliphatic heterocycles. The van der Waals surface area contributed by atoms with Gasteiger partial charge in [0, 0.05) is 22.2 Å². The summed E-state index contributed by atoms with van der Waals surface area (Å²) in [5.74, 6) is -3.14. The van der Waals surface area contributed by atoms with E-state index in [1.165, 1.54) is 6.08 Å². The molecule has 0 heterocycles. The van der Waals surface area contributed by atoms with Crippen LogP contribution in [0, 0.1) is 17.0 Å². The molecule has 0 saturated heterocycles. The van der Waals surface area contributed by atoms with Crippen molar-refractivity contribution in [1.29, 1.82) is 0 Å². The first-order valence-corrected chi connectivity index (χ1v) is 9.30. The highest BCUT2D eigenvalue weighted by Gasteiger charge is 2.22. The van der Waals surface area contributed by atoms with Gasteiger partial charge in [0.1, 0.15) is 11.6 Å². The average Bonchev–Trinajstić information content (AvgIpc) is 2.60. The van der Waals surface area contributed by atoms with Gasteiger partial charge in [0.2, 0.25) is 0 Å². The molecular formula is C23H22ClF2NO2. The summed E-state index contributed by atoms with van der Waals surface area (Å²) in [6.07, 6.45) is 1.79. The number of hydrogen-bond donors (Lipinski definition) is 1. The van der Waals surface area contributed by atoms with Gasteiger partial charge in [-0.05, 0) is 47.7 Å².